The monoisotopic (exact) mass is 417 g/mol. The number of aryl methyl sites for hydroxylation is 1. The Morgan fingerprint density at radius 2 is 1.96 bits per heavy atom. The maximum absolute atomic E-state index is 12.7. The predicted molar refractivity (Wildman–Crippen MR) is 111 cm³/mol. The van der Waals surface area contributed by atoms with E-state index in [0.29, 0.717) is 37.5 Å². The number of sulfonamides is 1. The van der Waals surface area contributed by atoms with Gasteiger partial charge in [-0.25, -0.2) is 8.42 Å². The van der Waals surface area contributed by atoms with E-state index in [1.807, 2.05) is 40.4 Å². The fraction of sp³-hybridized carbons (Fsp3) is 0.350. The minimum atomic E-state index is -3.41. The number of nitrogens with zero attached hydrogens (tertiary/aromatic N) is 2. The highest BCUT2D eigenvalue weighted by molar-refractivity contribution is 7.89. The van der Waals surface area contributed by atoms with Crippen LogP contribution < -0.4 is 5.32 Å². The van der Waals surface area contributed by atoms with Gasteiger partial charge in [0.05, 0.1) is 11.4 Å². The molecule has 1 aliphatic heterocycles. The molecule has 1 amide bonds. The van der Waals surface area contributed by atoms with E-state index >= 15 is 0 Å². The van der Waals surface area contributed by atoms with Crippen LogP contribution in [0, 0.1) is 0 Å². The molecule has 0 bridgehead atoms. The van der Waals surface area contributed by atoms with Crippen LogP contribution in [0.4, 0.5) is 0 Å². The average molecular weight is 418 g/mol. The molecule has 0 radical (unpaired) electrons. The molecule has 1 N–H and O–H groups in total. The van der Waals surface area contributed by atoms with E-state index in [-0.39, 0.29) is 5.91 Å². The van der Waals surface area contributed by atoms with Crippen LogP contribution in [-0.4, -0.2) is 36.3 Å². The minimum absolute atomic E-state index is 0.00322. The molecule has 3 aromatic rings. The smallest absolute Gasteiger partial charge is 0.243 e. The van der Waals surface area contributed by atoms with Crippen molar-refractivity contribution in [3.05, 3.63) is 52.9 Å². The zero-order valence-electron chi connectivity index (χ0n) is 15.5. The molecule has 8 heteroatoms. The number of thiophene rings is 1. The van der Waals surface area contributed by atoms with Crippen LogP contribution in [0.2, 0.25) is 0 Å². The number of carbonyl (C=O) groups is 1. The van der Waals surface area contributed by atoms with Crippen LogP contribution in [0.5, 0.6) is 0 Å². The summed E-state index contributed by atoms with van der Waals surface area (Å²) in [7, 11) is -3.41. The van der Waals surface area contributed by atoms with Crippen molar-refractivity contribution in [1.82, 2.24) is 14.2 Å². The van der Waals surface area contributed by atoms with Gasteiger partial charge in [0.1, 0.15) is 0 Å². The largest absolute Gasteiger partial charge is 0.351 e. The molecule has 2 aromatic heterocycles. The SMILES string of the molecule is O=C(CCn1ccc2cc(S(=O)(=O)N3CCCC3)ccc21)NCc1cccs1. The van der Waals surface area contributed by atoms with E-state index in [1.54, 1.807) is 27.8 Å². The summed E-state index contributed by atoms with van der Waals surface area (Å²) in [5.74, 6) is 0.00322. The summed E-state index contributed by atoms with van der Waals surface area (Å²) in [5.41, 5.74) is 0.937. The molecule has 1 saturated heterocycles. The van der Waals surface area contributed by atoms with Gasteiger partial charge in [-0.3, -0.25) is 4.79 Å². The van der Waals surface area contributed by atoms with Gasteiger partial charge in [0, 0.05) is 48.0 Å². The van der Waals surface area contributed by atoms with Gasteiger partial charge in [0.2, 0.25) is 15.9 Å². The number of fused-ring (bicyclic) bond motifs is 1. The molecule has 1 aromatic carbocycles. The first kappa shape index (κ1) is 19.2. The van der Waals surface area contributed by atoms with Crippen molar-refractivity contribution < 1.29 is 13.2 Å². The second kappa shape index (κ2) is 8.06. The Balaban J connectivity index is 1.42. The number of aromatic nitrogens is 1. The van der Waals surface area contributed by atoms with Crippen LogP contribution in [0.3, 0.4) is 0 Å². The van der Waals surface area contributed by atoms with Crippen molar-refractivity contribution >= 4 is 38.2 Å². The highest BCUT2D eigenvalue weighted by Crippen LogP contribution is 2.25. The lowest BCUT2D eigenvalue weighted by Crippen LogP contribution is -2.27. The molecule has 6 nitrogen and oxygen atoms in total. The van der Waals surface area contributed by atoms with Crippen LogP contribution in [-0.2, 0) is 27.9 Å². The van der Waals surface area contributed by atoms with E-state index in [1.165, 1.54) is 0 Å². The van der Waals surface area contributed by atoms with Crippen molar-refractivity contribution in [2.45, 2.75) is 37.2 Å². The van der Waals surface area contributed by atoms with Crippen molar-refractivity contribution in [1.29, 1.82) is 0 Å². The second-order valence-electron chi connectivity index (χ2n) is 6.95. The van der Waals surface area contributed by atoms with E-state index in [9.17, 15) is 13.2 Å². The highest BCUT2D eigenvalue weighted by atomic mass is 32.2. The minimum Gasteiger partial charge on any atom is -0.351 e. The van der Waals surface area contributed by atoms with Crippen LogP contribution in [0.15, 0.2) is 52.9 Å². The zero-order valence-corrected chi connectivity index (χ0v) is 17.1. The van der Waals surface area contributed by atoms with E-state index < -0.39 is 10.0 Å². The van der Waals surface area contributed by atoms with Gasteiger partial charge in [-0.15, -0.1) is 11.3 Å². The summed E-state index contributed by atoms with van der Waals surface area (Å²) in [6, 6.07) is 11.1. The van der Waals surface area contributed by atoms with Gasteiger partial charge in [-0.2, -0.15) is 4.31 Å². The number of nitrogens with one attached hydrogen (secondary N) is 1. The first-order chi connectivity index (χ1) is 13.5. The molecular formula is C20H23N3O3S2. The Kier molecular flexibility index (Phi) is 5.52. The summed E-state index contributed by atoms with van der Waals surface area (Å²) in [4.78, 5) is 13.6. The van der Waals surface area contributed by atoms with Crippen molar-refractivity contribution in [3.8, 4) is 0 Å². The Morgan fingerprint density at radius 1 is 1.14 bits per heavy atom. The van der Waals surface area contributed by atoms with Gasteiger partial charge in [-0.05, 0) is 48.6 Å². The van der Waals surface area contributed by atoms with Gasteiger partial charge in [0.15, 0.2) is 0 Å². The fourth-order valence-electron chi connectivity index (χ4n) is 3.52. The topological polar surface area (TPSA) is 71.4 Å². The predicted octanol–water partition coefficient (Wildman–Crippen LogP) is 3.19. The number of carbonyl (C=O) groups excluding carboxylic acids is 1. The van der Waals surface area contributed by atoms with Crippen LogP contribution >= 0.6 is 11.3 Å². The van der Waals surface area contributed by atoms with Crippen molar-refractivity contribution in [2.24, 2.45) is 0 Å². The van der Waals surface area contributed by atoms with Gasteiger partial charge in [0.25, 0.3) is 0 Å². The summed E-state index contributed by atoms with van der Waals surface area (Å²) < 4.78 is 29.0. The summed E-state index contributed by atoms with van der Waals surface area (Å²) >= 11 is 1.62. The quantitative estimate of drug-likeness (QED) is 0.642. The number of hydrogen-bond acceptors (Lipinski definition) is 4. The van der Waals surface area contributed by atoms with Gasteiger partial charge < -0.3 is 9.88 Å². The molecule has 28 heavy (non-hydrogen) atoms. The fourth-order valence-corrected chi connectivity index (χ4v) is 5.72. The second-order valence-corrected chi connectivity index (χ2v) is 9.92. The summed E-state index contributed by atoms with van der Waals surface area (Å²) in [5, 5.41) is 5.80. The number of benzene rings is 1. The molecule has 148 valence electrons. The summed E-state index contributed by atoms with van der Waals surface area (Å²) in [6.45, 7) is 2.31. The molecule has 0 saturated carbocycles. The Morgan fingerprint density at radius 3 is 2.71 bits per heavy atom. The Bertz CT molecular complexity index is 1070. The third-order valence-corrected chi connectivity index (χ3v) is 7.84. The first-order valence-corrected chi connectivity index (χ1v) is 11.7. The van der Waals surface area contributed by atoms with Gasteiger partial charge in [-0.1, -0.05) is 6.07 Å². The molecule has 0 atom stereocenters. The molecule has 1 fully saturated rings. The van der Waals surface area contributed by atoms with E-state index in [4.69, 9.17) is 0 Å². The molecule has 0 unspecified atom stereocenters. The Labute approximate surface area is 168 Å². The normalized spacial score (nSPS) is 15.3. The summed E-state index contributed by atoms with van der Waals surface area (Å²) in [6.07, 6.45) is 4.13. The lowest BCUT2D eigenvalue weighted by molar-refractivity contribution is -0.121. The molecule has 3 heterocycles. The van der Waals surface area contributed by atoms with E-state index in [2.05, 4.69) is 5.32 Å². The molecular weight excluding hydrogens is 394 g/mol. The number of rotatable bonds is 7. The molecule has 1 aliphatic rings. The maximum atomic E-state index is 12.7. The number of hydrogen-bond donors (Lipinski definition) is 1. The van der Waals surface area contributed by atoms with Crippen LogP contribution in [0.1, 0.15) is 24.1 Å². The van der Waals surface area contributed by atoms with Crippen LogP contribution in [0.25, 0.3) is 10.9 Å². The zero-order chi connectivity index (χ0) is 19.6. The third-order valence-electron chi connectivity index (χ3n) is 5.06. The maximum Gasteiger partial charge on any atom is 0.243 e. The number of amides is 1. The molecule has 0 aliphatic carbocycles. The Hall–Kier alpha value is -2.16. The average Bonchev–Trinajstić information content (AvgIpc) is 3.46. The van der Waals surface area contributed by atoms with Gasteiger partial charge >= 0.3 is 0 Å². The molecule has 4 rings (SSSR count). The highest BCUT2D eigenvalue weighted by Gasteiger charge is 2.27. The molecule has 0 spiro atoms. The standard InChI is InChI=1S/C20H23N3O3S2/c24-20(21-15-17-4-3-13-27-17)8-12-22-11-7-16-14-18(5-6-19(16)22)28(25,26)23-9-1-2-10-23/h3-7,11,13-14H,1-2,8-10,12,15H2,(H,21,24). The third kappa shape index (κ3) is 3.99. The van der Waals surface area contributed by atoms with Crippen molar-refractivity contribution in [2.75, 3.05) is 13.1 Å². The van der Waals surface area contributed by atoms with Crippen molar-refractivity contribution in [3.63, 3.8) is 0 Å². The van der Waals surface area contributed by atoms with E-state index in [0.717, 1.165) is 28.6 Å². The first-order valence-electron chi connectivity index (χ1n) is 9.42. The lowest BCUT2D eigenvalue weighted by Gasteiger charge is -2.15. The lowest BCUT2D eigenvalue weighted by atomic mass is 10.2.